The number of likely N-dealkylation sites (N-methyl/N-ethyl adjacent to an activating group) is 1. The summed E-state index contributed by atoms with van der Waals surface area (Å²) in [6.45, 7) is 0.790. The molecule has 0 amide bonds. The Morgan fingerprint density at radius 2 is 1.67 bits per heavy atom. The first-order valence-electron chi connectivity index (χ1n) is 10.2. The number of nitrogens with one attached hydrogen (secondary N) is 1. The highest BCUT2D eigenvalue weighted by molar-refractivity contribution is 7.89. The zero-order valence-corrected chi connectivity index (χ0v) is 20.2. The lowest BCUT2D eigenvalue weighted by molar-refractivity contribution is 0.302. The Balaban J connectivity index is 1.74. The molecule has 2 aromatic carbocycles. The summed E-state index contributed by atoms with van der Waals surface area (Å²) in [6, 6.07) is 8.45. The van der Waals surface area contributed by atoms with E-state index in [2.05, 4.69) is 9.97 Å². The fraction of sp³-hybridized carbons (Fsp3) is 0.318. The van der Waals surface area contributed by atoms with E-state index in [4.69, 9.17) is 23.2 Å². The van der Waals surface area contributed by atoms with Gasteiger partial charge >= 0.3 is 0 Å². The van der Waals surface area contributed by atoms with Gasteiger partial charge in [0.1, 0.15) is 17.5 Å². The quantitative estimate of drug-likeness (QED) is 0.525. The molecule has 6 nitrogen and oxygen atoms in total. The molecule has 4 rings (SSSR count). The monoisotopic (exact) mass is 514 g/mol. The van der Waals surface area contributed by atoms with Crippen molar-refractivity contribution in [2.45, 2.75) is 23.4 Å². The average molecular weight is 515 g/mol. The molecule has 1 saturated heterocycles. The van der Waals surface area contributed by atoms with Crippen molar-refractivity contribution >= 4 is 33.2 Å². The third-order valence-electron chi connectivity index (χ3n) is 5.87. The van der Waals surface area contributed by atoms with E-state index < -0.39 is 27.6 Å². The van der Waals surface area contributed by atoms with E-state index in [0.717, 1.165) is 6.42 Å². The standard InChI is InChI=1S/C22H22Cl2F2N4O2S/c1-29(2)15-7-8-30(12-15)33(31,32)20-11-27-22(28-20)21(13-3-5-18(25)16(23)9-13)14-4-6-19(26)17(24)10-14/h3-6,9-11,15,21H,7-8,12H2,1-2H3,(H,27,28). The van der Waals surface area contributed by atoms with Gasteiger partial charge in [0.05, 0.1) is 22.2 Å². The van der Waals surface area contributed by atoms with Crippen LogP contribution >= 0.6 is 23.2 Å². The highest BCUT2D eigenvalue weighted by Gasteiger charge is 2.35. The highest BCUT2D eigenvalue weighted by Crippen LogP contribution is 2.35. The Kier molecular flexibility index (Phi) is 6.80. The molecule has 0 aliphatic carbocycles. The molecule has 0 spiro atoms. The fourth-order valence-electron chi connectivity index (χ4n) is 3.98. The Hall–Kier alpha value is -2.04. The van der Waals surface area contributed by atoms with Crippen LogP contribution in [0.15, 0.2) is 47.6 Å². The van der Waals surface area contributed by atoms with Crippen LogP contribution in [-0.4, -0.2) is 60.8 Å². The van der Waals surface area contributed by atoms with Crippen molar-refractivity contribution in [2.75, 3.05) is 27.2 Å². The van der Waals surface area contributed by atoms with E-state index in [1.54, 1.807) is 0 Å². The number of hydrogen-bond acceptors (Lipinski definition) is 4. The van der Waals surface area contributed by atoms with Crippen LogP contribution in [0, 0.1) is 11.6 Å². The number of sulfonamides is 1. The molecule has 1 N–H and O–H groups in total. The second-order valence-corrected chi connectivity index (χ2v) is 10.9. The van der Waals surface area contributed by atoms with Gasteiger partial charge in [0, 0.05) is 19.1 Å². The minimum absolute atomic E-state index is 0.0525. The van der Waals surface area contributed by atoms with Crippen LogP contribution in [0.5, 0.6) is 0 Å². The number of aromatic nitrogens is 2. The Morgan fingerprint density at radius 3 is 2.15 bits per heavy atom. The molecular formula is C22H22Cl2F2N4O2S. The van der Waals surface area contributed by atoms with Crippen molar-refractivity contribution < 1.29 is 17.2 Å². The van der Waals surface area contributed by atoms with Crippen molar-refractivity contribution in [3.8, 4) is 0 Å². The van der Waals surface area contributed by atoms with Crippen LogP contribution in [0.25, 0.3) is 0 Å². The van der Waals surface area contributed by atoms with Crippen LogP contribution in [0.1, 0.15) is 29.3 Å². The maximum Gasteiger partial charge on any atom is 0.260 e. The lowest BCUT2D eigenvalue weighted by atomic mass is 9.90. The molecule has 33 heavy (non-hydrogen) atoms. The van der Waals surface area contributed by atoms with Gasteiger partial charge in [-0.15, -0.1) is 0 Å². The van der Waals surface area contributed by atoms with Crippen molar-refractivity contribution in [1.29, 1.82) is 0 Å². The molecule has 11 heteroatoms. The SMILES string of the molecule is CN(C)C1CCN(S(=O)(=O)c2cnc(C(c3ccc(F)c(Cl)c3)c3ccc(F)c(Cl)c3)[nH]2)C1. The molecule has 1 aliphatic rings. The summed E-state index contributed by atoms with van der Waals surface area (Å²) in [5, 5.41) is -0.253. The molecule has 1 unspecified atom stereocenters. The van der Waals surface area contributed by atoms with Crippen LogP contribution < -0.4 is 0 Å². The van der Waals surface area contributed by atoms with E-state index >= 15 is 0 Å². The second kappa shape index (κ2) is 9.31. The van der Waals surface area contributed by atoms with E-state index in [1.807, 2.05) is 19.0 Å². The number of halogens is 4. The summed E-state index contributed by atoms with van der Waals surface area (Å²) in [5.41, 5.74) is 1.08. The van der Waals surface area contributed by atoms with Gasteiger partial charge in [0.15, 0.2) is 5.03 Å². The van der Waals surface area contributed by atoms with Gasteiger partial charge in [-0.25, -0.2) is 22.2 Å². The van der Waals surface area contributed by atoms with Crippen LogP contribution in [0.3, 0.4) is 0 Å². The van der Waals surface area contributed by atoms with E-state index in [9.17, 15) is 17.2 Å². The smallest absolute Gasteiger partial charge is 0.260 e. The normalized spacial score (nSPS) is 17.4. The largest absolute Gasteiger partial charge is 0.331 e. The maximum absolute atomic E-state index is 13.8. The molecular weight excluding hydrogens is 493 g/mol. The predicted octanol–water partition coefficient (Wildman–Crippen LogP) is 4.50. The van der Waals surface area contributed by atoms with Gasteiger partial charge in [-0.3, -0.25) is 0 Å². The van der Waals surface area contributed by atoms with Gasteiger partial charge < -0.3 is 9.88 Å². The molecule has 3 aromatic rings. The molecule has 176 valence electrons. The van der Waals surface area contributed by atoms with Crippen LogP contribution in [0.2, 0.25) is 10.0 Å². The molecule has 2 heterocycles. The van der Waals surface area contributed by atoms with Gasteiger partial charge in [-0.05, 0) is 55.9 Å². The molecule has 1 aliphatic heterocycles. The first-order valence-corrected chi connectivity index (χ1v) is 12.4. The number of benzene rings is 2. The summed E-state index contributed by atoms with van der Waals surface area (Å²) in [6.07, 6.45) is 1.99. The summed E-state index contributed by atoms with van der Waals surface area (Å²) in [4.78, 5) is 9.23. The summed E-state index contributed by atoms with van der Waals surface area (Å²) < 4.78 is 55.4. The zero-order chi connectivity index (χ0) is 23.9. The minimum Gasteiger partial charge on any atom is -0.331 e. The third-order valence-corrected chi connectivity index (χ3v) is 8.23. The minimum atomic E-state index is -3.80. The van der Waals surface area contributed by atoms with Gasteiger partial charge in [0.2, 0.25) is 0 Å². The van der Waals surface area contributed by atoms with Crippen molar-refractivity contribution in [3.63, 3.8) is 0 Å². The van der Waals surface area contributed by atoms with E-state index in [-0.39, 0.29) is 26.9 Å². The van der Waals surface area contributed by atoms with Gasteiger partial charge in [-0.2, -0.15) is 4.31 Å². The van der Waals surface area contributed by atoms with Crippen molar-refractivity contribution in [1.82, 2.24) is 19.2 Å². The maximum atomic E-state index is 13.8. The Labute approximate surface area is 201 Å². The molecule has 0 saturated carbocycles. The highest BCUT2D eigenvalue weighted by atomic mass is 35.5. The lowest BCUT2D eigenvalue weighted by Gasteiger charge is -2.20. The third kappa shape index (κ3) is 4.79. The molecule has 1 fully saturated rings. The fourth-order valence-corrected chi connectivity index (χ4v) is 5.77. The Morgan fingerprint density at radius 1 is 1.09 bits per heavy atom. The van der Waals surface area contributed by atoms with Gasteiger partial charge in [-0.1, -0.05) is 35.3 Å². The number of rotatable bonds is 6. The number of imidazole rings is 1. The molecule has 1 aromatic heterocycles. The Bertz CT molecular complexity index is 1230. The van der Waals surface area contributed by atoms with Crippen LogP contribution in [0.4, 0.5) is 8.78 Å². The van der Waals surface area contributed by atoms with E-state index in [1.165, 1.54) is 46.9 Å². The number of aromatic amines is 1. The molecule has 0 radical (unpaired) electrons. The average Bonchev–Trinajstić information content (AvgIpc) is 3.44. The first-order chi connectivity index (χ1) is 15.6. The topological polar surface area (TPSA) is 69.3 Å². The van der Waals surface area contributed by atoms with Crippen molar-refractivity contribution in [3.05, 3.63) is 81.2 Å². The first kappa shape index (κ1) is 24.1. The van der Waals surface area contributed by atoms with Crippen molar-refractivity contribution in [2.24, 2.45) is 0 Å². The summed E-state index contributed by atoms with van der Waals surface area (Å²) in [7, 11) is 0.0405. The zero-order valence-electron chi connectivity index (χ0n) is 17.9. The number of H-pyrrole nitrogens is 1. The van der Waals surface area contributed by atoms with E-state index in [0.29, 0.717) is 24.2 Å². The van der Waals surface area contributed by atoms with Gasteiger partial charge in [0.25, 0.3) is 10.0 Å². The summed E-state index contributed by atoms with van der Waals surface area (Å²) >= 11 is 12.0. The number of hydrogen-bond donors (Lipinski definition) is 1. The number of nitrogens with zero attached hydrogens (tertiary/aromatic N) is 3. The van der Waals surface area contributed by atoms with Crippen LogP contribution in [-0.2, 0) is 10.0 Å². The molecule has 0 bridgehead atoms. The summed E-state index contributed by atoms with van der Waals surface area (Å²) in [5.74, 6) is -1.59. The predicted molar refractivity (Wildman–Crippen MR) is 123 cm³/mol. The molecule has 1 atom stereocenters. The lowest BCUT2D eigenvalue weighted by Crippen LogP contribution is -2.34. The second-order valence-electron chi connectivity index (χ2n) is 8.18.